The zero-order valence-corrected chi connectivity index (χ0v) is 17.9. The molecule has 2 aromatic heterocycles. The number of nitrogens with two attached hydrogens (primary N) is 1. The Balaban J connectivity index is 1.64. The van der Waals surface area contributed by atoms with Gasteiger partial charge in [-0.05, 0) is 31.5 Å². The molecule has 0 radical (unpaired) electrons. The summed E-state index contributed by atoms with van der Waals surface area (Å²) in [6, 6.07) is 5.90. The minimum Gasteiger partial charge on any atom is -0.365 e. The fraction of sp³-hybridized carbons (Fsp3) is 0.263. The number of halogens is 1. The highest BCUT2D eigenvalue weighted by Gasteiger charge is 2.35. The van der Waals surface area contributed by atoms with Crippen LogP contribution >= 0.6 is 23.1 Å². The average Bonchev–Trinajstić information content (AvgIpc) is 3.37. The third-order valence-electron chi connectivity index (χ3n) is 4.71. The molecule has 0 saturated heterocycles. The van der Waals surface area contributed by atoms with Crippen LogP contribution in [0.4, 0.5) is 4.39 Å². The van der Waals surface area contributed by atoms with Gasteiger partial charge in [0.25, 0.3) is 5.91 Å². The summed E-state index contributed by atoms with van der Waals surface area (Å²) in [7, 11) is 0. The third kappa shape index (κ3) is 3.90. The molecule has 8 nitrogen and oxygen atoms in total. The van der Waals surface area contributed by atoms with Crippen molar-refractivity contribution in [2.75, 3.05) is 0 Å². The Morgan fingerprint density at radius 3 is 2.60 bits per heavy atom. The van der Waals surface area contributed by atoms with Crippen LogP contribution in [0.3, 0.4) is 0 Å². The van der Waals surface area contributed by atoms with Crippen LogP contribution in [-0.2, 0) is 17.9 Å². The largest absolute Gasteiger partial charge is 0.365 e. The monoisotopic (exact) mass is 446 g/mol. The molecule has 30 heavy (non-hydrogen) atoms. The van der Waals surface area contributed by atoms with Gasteiger partial charge in [-0.3, -0.25) is 9.36 Å². The lowest BCUT2D eigenvalue weighted by molar-refractivity contribution is -0.114. The van der Waals surface area contributed by atoms with Crippen molar-refractivity contribution in [2.45, 2.75) is 32.4 Å². The number of primary amides is 1. The Labute approximate surface area is 179 Å². The molecule has 4 rings (SSSR count). The van der Waals surface area contributed by atoms with Gasteiger partial charge in [-0.1, -0.05) is 23.9 Å². The fourth-order valence-corrected chi connectivity index (χ4v) is 5.06. The molecule has 0 spiro atoms. The second-order valence-electron chi connectivity index (χ2n) is 6.81. The van der Waals surface area contributed by atoms with Crippen molar-refractivity contribution in [1.82, 2.24) is 24.2 Å². The first-order valence-corrected chi connectivity index (χ1v) is 10.8. The molecule has 1 unspecified atom stereocenters. The molecule has 1 aliphatic rings. The number of aryl methyl sites for hydroxylation is 1. The summed E-state index contributed by atoms with van der Waals surface area (Å²) < 4.78 is 15.9. The molecule has 1 aromatic carbocycles. The molecule has 1 amide bonds. The maximum atomic E-state index is 13.1. The average molecular weight is 447 g/mol. The molecule has 0 fully saturated rings. The van der Waals surface area contributed by atoms with Crippen molar-refractivity contribution in [2.24, 2.45) is 5.73 Å². The number of rotatable bonds is 6. The maximum absolute atomic E-state index is 13.1. The number of carbonyl (C=O) groups excluding carboxylic acids is 1. The van der Waals surface area contributed by atoms with Crippen LogP contribution in [0.2, 0.25) is 0 Å². The molecule has 3 heterocycles. The molecular formula is C19H19FN6O2S2. The first-order valence-electron chi connectivity index (χ1n) is 9.07. The smallest absolute Gasteiger partial charge is 0.348 e. The standard InChI is InChI=1S/C19H19FN6O2S2/c1-11-16(17(21)27)30-19(24(11)8-15-9-29-12(2)23-15)25-10-22-26(18(25)28)7-13-3-5-14(20)6-4-13/h3-6,9-10,19H,7-8H2,1-2H3,(H2,21,27). The van der Waals surface area contributed by atoms with Crippen LogP contribution in [-0.4, -0.2) is 30.1 Å². The maximum Gasteiger partial charge on any atom is 0.348 e. The number of hydrogen-bond donors (Lipinski definition) is 1. The molecule has 1 aliphatic heterocycles. The van der Waals surface area contributed by atoms with Crippen molar-refractivity contribution in [3.8, 4) is 0 Å². The summed E-state index contributed by atoms with van der Waals surface area (Å²) in [6.45, 7) is 4.37. The van der Waals surface area contributed by atoms with Gasteiger partial charge in [-0.15, -0.1) is 11.3 Å². The minimum atomic E-state index is -0.536. The van der Waals surface area contributed by atoms with E-state index in [9.17, 15) is 14.0 Å². The Kier molecular flexibility index (Phi) is 5.48. The van der Waals surface area contributed by atoms with Crippen molar-refractivity contribution < 1.29 is 9.18 Å². The predicted octanol–water partition coefficient (Wildman–Crippen LogP) is 2.42. The molecule has 11 heteroatoms. The SMILES string of the molecule is CC1=C(C(N)=O)SC(n2cnn(Cc3ccc(F)cc3)c2=O)N1Cc1csc(C)n1. The van der Waals surface area contributed by atoms with Gasteiger partial charge in [-0.2, -0.15) is 5.10 Å². The summed E-state index contributed by atoms with van der Waals surface area (Å²) in [5, 5.41) is 7.09. The highest BCUT2D eigenvalue weighted by molar-refractivity contribution is 8.04. The molecule has 2 N–H and O–H groups in total. The van der Waals surface area contributed by atoms with Gasteiger partial charge >= 0.3 is 5.69 Å². The Morgan fingerprint density at radius 2 is 1.97 bits per heavy atom. The van der Waals surface area contributed by atoms with Crippen LogP contribution in [0.25, 0.3) is 0 Å². The lowest BCUT2D eigenvalue weighted by Crippen LogP contribution is -2.33. The van der Waals surface area contributed by atoms with Gasteiger partial charge in [0.1, 0.15) is 12.1 Å². The van der Waals surface area contributed by atoms with Crippen LogP contribution in [0, 0.1) is 12.7 Å². The van der Waals surface area contributed by atoms with E-state index in [1.807, 2.05) is 17.2 Å². The zero-order valence-electron chi connectivity index (χ0n) is 16.3. The number of allylic oxidation sites excluding steroid dienone is 1. The molecule has 3 aromatic rings. The highest BCUT2D eigenvalue weighted by atomic mass is 32.2. The second-order valence-corrected chi connectivity index (χ2v) is 8.94. The minimum absolute atomic E-state index is 0.212. The van der Waals surface area contributed by atoms with Crippen LogP contribution in [0.15, 0.2) is 51.4 Å². The topological polar surface area (TPSA) is 99.0 Å². The summed E-state index contributed by atoms with van der Waals surface area (Å²) >= 11 is 2.76. The van der Waals surface area contributed by atoms with Gasteiger partial charge in [0.2, 0.25) is 0 Å². The molecule has 156 valence electrons. The number of thioether (sulfide) groups is 1. The van der Waals surface area contributed by atoms with Crippen molar-refractivity contribution in [1.29, 1.82) is 0 Å². The van der Waals surface area contributed by atoms with Gasteiger partial charge in [0, 0.05) is 11.1 Å². The first kappa shape index (κ1) is 20.4. The molecule has 0 aliphatic carbocycles. The summed E-state index contributed by atoms with van der Waals surface area (Å²) in [5.41, 5.74) is 7.00. The van der Waals surface area contributed by atoms with E-state index in [2.05, 4.69) is 10.1 Å². The van der Waals surface area contributed by atoms with Gasteiger partial charge in [-0.25, -0.2) is 18.9 Å². The van der Waals surface area contributed by atoms with Crippen LogP contribution in [0.1, 0.15) is 28.7 Å². The highest BCUT2D eigenvalue weighted by Crippen LogP contribution is 2.44. The van der Waals surface area contributed by atoms with Crippen molar-refractivity contribution in [3.05, 3.63) is 79.1 Å². The number of carbonyl (C=O) groups is 1. The molecule has 0 saturated carbocycles. The van der Waals surface area contributed by atoms with Gasteiger partial charge in [0.15, 0.2) is 5.50 Å². The summed E-state index contributed by atoms with van der Waals surface area (Å²) in [5.74, 6) is -0.876. The number of benzene rings is 1. The number of amides is 1. The number of nitrogens with zero attached hydrogens (tertiary/aromatic N) is 5. The predicted molar refractivity (Wildman–Crippen MR) is 113 cm³/mol. The van der Waals surface area contributed by atoms with E-state index >= 15 is 0 Å². The van der Waals surface area contributed by atoms with E-state index in [-0.39, 0.29) is 18.1 Å². The number of hydrogen-bond acceptors (Lipinski definition) is 7. The van der Waals surface area contributed by atoms with E-state index < -0.39 is 11.4 Å². The Hall–Kier alpha value is -2.92. The molecular weight excluding hydrogens is 427 g/mol. The Morgan fingerprint density at radius 1 is 1.23 bits per heavy atom. The quantitative estimate of drug-likeness (QED) is 0.624. The van der Waals surface area contributed by atoms with E-state index in [0.29, 0.717) is 17.1 Å². The number of thiazole rings is 1. The normalized spacial score (nSPS) is 16.5. The molecule has 0 bridgehead atoms. The fourth-order valence-electron chi connectivity index (χ4n) is 3.22. The van der Waals surface area contributed by atoms with E-state index in [0.717, 1.165) is 16.3 Å². The van der Waals surface area contributed by atoms with Crippen LogP contribution in [0.5, 0.6) is 0 Å². The first-order chi connectivity index (χ1) is 14.3. The third-order valence-corrected chi connectivity index (χ3v) is 6.96. The van der Waals surface area contributed by atoms with Crippen molar-refractivity contribution in [3.63, 3.8) is 0 Å². The van der Waals surface area contributed by atoms with E-state index in [1.54, 1.807) is 19.1 Å². The number of aromatic nitrogens is 4. The van der Waals surface area contributed by atoms with Gasteiger partial charge in [0.05, 0.1) is 28.7 Å². The van der Waals surface area contributed by atoms with E-state index in [4.69, 9.17) is 5.73 Å². The lowest BCUT2D eigenvalue weighted by atomic mass is 10.2. The summed E-state index contributed by atoms with van der Waals surface area (Å²) in [6.07, 6.45) is 1.44. The Bertz CT molecular complexity index is 1180. The van der Waals surface area contributed by atoms with Gasteiger partial charge < -0.3 is 10.6 Å². The van der Waals surface area contributed by atoms with E-state index in [1.165, 1.54) is 50.8 Å². The van der Waals surface area contributed by atoms with Crippen molar-refractivity contribution >= 4 is 29.0 Å². The molecule has 1 atom stereocenters. The zero-order chi connectivity index (χ0) is 21.4. The second kappa shape index (κ2) is 8.07. The summed E-state index contributed by atoms with van der Waals surface area (Å²) in [4.78, 5) is 31.7. The lowest BCUT2D eigenvalue weighted by Gasteiger charge is -2.26. The van der Waals surface area contributed by atoms with Crippen LogP contribution < -0.4 is 11.4 Å².